The van der Waals surface area contributed by atoms with E-state index in [1.807, 2.05) is 6.07 Å². The predicted octanol–water partition coefficient (Wildman–Crippen LogP) is 2.73. The second-order valence-electron chi connectivity index (χ2n) is 7.57. The third kappa shape index (κ3) is 4.93. The van der Waals surface area contributed by atoms with Gasteiger partial charge in [-0.05, 0) is 42.5 Å². The Kier molecular flexibility index (Phi) is 6.30. The summed E-state index contributed by atoms with van der Waals surface area (Å²) in [5.41, 5.74) is 2.21. The summed E-state index contributed by atoms with van der Waals surface area (Å²) >= 11 is 1.35. The van der Waals surface area contributed by atoms with Crippen molar-refractivity contribution in [1.29, 1.82) is 5.26 Å². The summed E-state index contributed by atoms with van der Waals surface area (Å²) in [4.78, 5) is 31.1. The van der Waals surface area contributed by atoms with E-state index in [9.17, 15) is 20.0 Å². The van der Waals surface area contributed by atoms with Crippen molar-refractivity contribution in [3.8, 4) is 6.07 Å². The number of ether oxygens (including phenoxy) is 1. The number of aliphatic hydroxyl groups is 1. The predicted molar refractivity (Wildman–Crippen MR) is 115 cm³/mol. The highest BCUT2D eigenvalue weighted by Gasteiger charge is 2.31. The van der Waals surface area contributed by atoms with Crippen LogP contribution in [0.5, 0.6) is 0 Å². The second kappa shape index (κ2) is 9.29. The quantitative estimate of drug-likeness (QED) is 0.709. The SMILES string of the molecule is N#Cc1c(NC(=O)/C=C/c2cccnc2)sc2c1CCC(OC(=O)N1CC[C@@H](O)C1)C2. The van der Waals surface area contributed by atoms with E-state index in [4.69, 9.17) is 4.74 Å². The molecule has 0 bridgehead atoms. The Bertz CT molecular complexity index is 1040. The van der Waals surface area contributed by atoms with Gasteiger partial charge in [0.2, 0.25) is 5.91 Å². The van der Waals surface area contributed by atoms with E-state index in [0.29, 0.717) is 49.3 Å². The number of hydrogen-bond acceptors (Lipinski definition) is 7. The van der Waals surface area contributed by atoms with E-state index in [1.54, 1.807) is 24.5 Å². The van der Waals surface area contributed by atoms with Crippen molar-refractivity contribution in [3.05, 3.63) is 52.2 Å². The average molecular weight is 439 g/mol. The molecule has 0 aromatic carbocycles. The molecule has 2 N–H and O–H groups in total. The lowest BCUT2D eigenvalue weighted by Crippen LogP contribution is -2.35. The topological polar surface area (TPSA) is 116 Å². The Morgan fingerprint density at radius 2 is 2.29 bits per heavy atom. The monoisotopic (exact) mass is 438 g/mol. The summed E-state index contributed by atoms with van der Waals surface area (Å²) in [5.74, 6) is -0.325. The normalized spacial score (nSPS) is 20.3. The van der Waals surface area contributed by atoms with Gasteiger partial charge >= 0.3 is 6.09 Å². The van der Waals surface area contributed by atoms with Gasteiger partial charge in [-0.3, -0.25) is 9.78 Å². The van der Waals surface area contributed by atoms with E-state index in [0.717, 1.165) is 16.0 Å². The van der Waals surface area contributed by atoms with Crippen molar-refractivity contribution >= 4 is 34.4 Å². The fourth-order valence-corrected chi connectivity index (χ4v) is 5.05. The number of carbonyl (C=O) groups excluding carboxylic acids is 2. The molecule has 2 amide bonds. The summed E-state index contributed by atoms with van der Waals surface area (Å²) < 4.78 is 5.63. The van der Waals surface area contributed by atoms with Crippen molar-refractivity contribution in [2.45, 2.75) is 37.9 Å². The zero-order valence-electron chi connectivity index (χ0n) is 16.8. The highest BCUT2D eigenvalue weighted by molar-refractivity contribution is 7.16. The molecule has 3 heterocycles. The molecule has 1 saturated heterocycles. The van der Waals surface area contributed by atoms with Gasteiger partial charge in [-0.1, -0.05) is 6.07 Å². The van der Waals surface area contributed by atoms with Gasteiger partial charge in [-0.15, -0.1) is 11.3 Å². The summed E-state index contributed by atoms with van der Waals surface area (Å²) in [6.45, 7) is 0.801. The first-order valence-corrected chi connectivity index (χ1v) is 10.9. The Balaban J connectivity index is 1.41. The molecule has 4 rings (SSSR count). The number of anilines is 1. The molecule has 0 spiro atoms. The number of carbonyl (C=O) groups is 2. The van der Waals surface area contributed by atoms with Gasteiger partial charge in [0, 0.05) is 42.9 Å². The standard InChI is InChI=1S/C22H22N4O4S/c23-11-18-17-5-4-16(30-22(29)26-9-7-15(27)13-26)10-19(17)31-21(18)25-20(28)6-3-14-2-1-8-24-12-14/h1-3,6,8,12,15-16,27H,4-5,7,9-10,13H2,(H,25,28)/b6-3+/t15-,16?/m1/s1. The van der Waals surface area contributed by atoms with Gasteiger partial charge in [0.25, 0.3) is 0 Å². The number of fused-ring (bicyclic) bond motifs is 1. The minimum absolute atomic E-state index is 0.281. The fraction of sp³-hybridized carbons (Fsp3) is 0.364. The second-order valence-corrected chi connectivity index (χ2v) is 8.67. The van der Waals surface area contributed by atoms with Crippen LogP contribution in [0, 0.1) is 11.3 Å². The van der Waals surface area contributed by atoms with Crippen molar-refractivity contribution in [3.63, 3.8) is 0 Å². The van der Waals surface area contributed by atoms with Crippen molar-refractivity contribution in [1.82, 2.24) is 9.88 Å². The molecule has 8 nitrogen and oxygen atoms in total. The summed E-state index contributed by atoms with van der Waals surface area (Å²) in [6, 6.07) is 5.83. The molecule has 1 fully saturated rings. The number of β-amino-alcohol motifs (C(OH)–C–C–N with tert-alkyl or cyclic N) is 1. The van der Waals surface area contributed by atoms with E-state index >= 15 is 0 Å². The zero-order valence-corrected chi connectivity index (χ0v) is 17.6. The van der Waals surface area contributed by atoms with Crippen LogP contribution in [0.1, 0.15) is 34.4 Å². The highest BCUT2D eigenvalue weighted by Crippen LogP contribution is 2.38. The van der Waals surface area contributed by atoms with Crippen LogP contribution in [-0.2, 0) is 22.4 Å². The molecule has 2 aliphatic rings. The summed E-state index contributed by atoms with van der Waals surface area (Å²) in [5, 5.41) is 22.5. The third-order valence-corrected chi connectivity index (χ3v) is 6.54. The van der Waals surface area contributed by atoms with Gasteiger partial charge in [-0.2, -0.15) is 5.26 Å². The summed E-state index contributed by atoms with van der Waals surface area (Å²) in [6.07, 6.45) is 7.51. The van der Waals surface area contributed by atoms with Gasteiger partial charge < -0.3 is 20.1 Å². The number of hydrogen-bond donors (Lipinski definition) is 2. The first kappa shape index (κ1) is 21.0. The first-order chi connectivity index (χ1) is 15.0. The molecule has 2 aromatic rings. The van der Waals surface area contributed by atoms with Crippen LogP contribution in [0.3, 0.4) is 0 Å². The maximum Gasteiger partial charge on any atom is 0.410 e. The Hall–Kier alpha value is -3.22. The van der Waals surface area contributed by atoms with Crippen LogP contribution in [0.25, 0.3) is 6.08 Å². The molecule has 1 aliphatic heterocycles. The number of aromatic nitrogens is 1. The number of rotatable bonds is 4. The van der Waals surface area contributed by atoms with Crippen LogP contribution in [-0.4, -0.2) is 52.3 Å². The zero-order chi connectivity index (χ0) is 21.8. The maximum absolute atomic E-state index is 12.3. The number of nitrogens with one attached hydrogen (secondary N) is 1. The number of aliphatic hydroxyl groups excluding tert-OH is 1. The lowest BCUT2D eigenvalue weighted by molar-refractivity contribution is -0.111. The fourth-order valence-electron chi connectivity index (χ4n) is 3.79. The molecule has 31 heavy (non-hydrogen) atoms. The van der Waals surface area contributed by atoms with Crippen LogP contribution < -0.4 is 5.32 Å². The van der Waals surface area contributed by atoms with E-state index in [1.165, 1.54) is 22.3 Å². The number of amides is 2. The molecular weight excluding hydrogens is 416 g/mol. The molecule has 0 radical (unpaired) electrons. The molecule has 160 valence electrons. The smallest absolute Gasteiger partial charge is 0.410 e. The number of nitriles is 1. The highest BCUT2D eigenvalue weighted by atomic mass is 32.1. The molecule has 1 aliphatic carbocycles. The van der Waals surface area contributed by atoms with E-state index in [-0.39, 0.29) is 12.0 Å². The van der Waals surface area contributed by atoms with E-state index in [2.05, 4.69) is 16.4 Å². The number of likely N-dealkylation sites (tertiary alicyclic amines) is 1. The van der Waals surface area contributed by atoms with Crippen LogP contribution >= 0.6 is 11.3 Å². The summed E-state index contributed by atoms with van der Waals surface area (Å²) in [7, 11) is 0. The van der Waals surface area contributed by atoms with Gasteiger partial charge in [-0.25, -0.2) is 4.79 Å². The van der Waals surface area contributed by atoms with Gasteiger partial charge in [0.05, 0.1) is 11.7 Å². The first-order valence-electron chi connectivity index (χ1n) is 10.1. The average Bonchev–Trinajstić information content (AvgIpc) is 3.35. The molecule has 2 aromatic heterocycles. The maximum atomic E-state index is 12.3. The van der Waals surface area contributed by atoms with Crippen molar-refractivity contribution in [2.75, 3.05) is 18.4 Å². The van der Waals surface area contributed by atoms with Crippen molar-refractivity contribution in [2.24, 2.45) is 0 Å². The van der Waals surface area contributed by atoms with Crippen LogP contribution in [0.2, 0.25) is 0 Å². The molecule has 1 unspecified atom stereocenters. The largest absolute Gasteiger partial charge is 0.446 e. The minimum atomic E-state index is -0.487. The number of pyridine rings is 1. The molecule has 2 atom stereocenters. The molecule has 9 heteroatoms. The Labute approximate surface area is 183 Å². The number of thiophene rings is 1. The van der Waals surface area contributed by atoms with E-state index < -0.39 is 12.2 Å². The lowest BCUT2D eigenvalue weighted by atomic mass is 9.94. The van der Waals surface area contributed by atoms with Gasteiger partial charge in [0.15, 0.2) is 0 Å². The van der Waals surface area contributed by atoms with Crippen LogP contribution in [0.4, 0.5) is 9.80 Å². The molecular formula is C22H22N4O4S. The minimum Gasteiger partial charge on any atom is -0.446 e. The lowest BCUT2D eigenvalue weighted by Gasteiger charge is -2.25. The van der Waals surface area contributed by atoms with Crippen molar-refractivity contribution < 1.29 is 19.4 Å². The van der Waals surface area contributed by atoms with Gasteiger partial charge in [0.1, 0.15) is 17.2 Å². The Morgan fingerprint density at radius 3 is 3.00 bits per heavy atom. The number of nitrogens with zero attached hydrogens (tertiary/aromatic N) is 3. The Morgan fingerprint density at radius 1 is 1.42 bits per heavy atom. The third-order valence-electron chi connectivity index (χ3n) is 5.37. The molecule has 0 saturated carbocycles. The van der Waals surface area contributed by atoms with Crippen LogP contribution in [0.15, 0.2) is 30.6 Å².